The van der Waals surface area contributed by atoms with Crippen molar-refractivity contribution in [3.63, 3.8) is 0 Å². The number of nitrogens with zero attached hydrogens (tertiary/aromatic N) is 1. The number of phenolic OH excluding ortho intramolecular Hbond substituents is 1. The van der Waals surface area contributed by atoms with Crippen LogP contribution in [0.15, 0.2) is 50.6 Å². The molecule has 2 rings (SSSR count). The largest absolute Gasteiger partial charge is 0.508 e. The maximum absolute atomic E-state index is 11.7. The molecule has 0 saturated heterocycles. The number of hydrogen-bond donors (Lipinski definition) is 2. The van der Waals surface area contributed by atoms with Crippen LogP contribution >= 0.6 is 15.9 Å². The molecule has 6 heteroatoms. The molecule has 0 aliphatic rings. The Balaban J connectivity index is 2.06. The van der Waals surface area contributed by atoms with Crippen LogP contribution in [0.3, 0.4) is 0 Å². The van der Waals surface area contributed by atoms with Crippen LogP contribution in [0.2, 0.25) is 0 Å². The summed E-state index contributed by atoms with van der Waals surface area (Å²) in [5.74, 6) is -0.0704. The molecule has 0 saturated carbocycles. The molecular weight excluding hydrogens is 312 g/mol. The first-order chi connectivity index (χ1) is 9.06. The van der Waals surface area contributed by atoms with Crippen LogP contribution in [0.4, 0.5) is 0 Å². The van der Waals surface area contributed by atoms with Gasteiger partial charge in [-0.1, -0.05) is 0 Å². The van der Waals surface area contributed by atoms with E-state index < -0.39 is 5.91 Å². The second kappa shape index (κ2) is 5.71. The molecule has 1 aromatic carbocycles. The van der Waals surface area contributed by atoms with Crippen LogP contribution in [-0.4, -0.2) is 16.7 Å². The first-order valence-corrected chi connectivity index (χ1v) is 6.25. The summed E-state index contributed by atoms with van der Waals surface area (Å²) in [4.78, 5) is 11.7. The van der Waals surface area contributed by atoms with Crippen LogP contribution in [0, 0.1) is 0 Å². The Morgan fingerprint density at radius 3 is 2.53 bits per heavy atom. The first kappa shape index (κ1) is 13.4. The molecule has 0 spiro atoms. The number of halogens is 1. The summed E-state index contributed by atoms with van der Waals surface area (Å²) in [5.41, 5.74) is 3.83. The van der Waals surface area contributed by atoms with E-state index in [1.807, 2.05) is 0 Å². The fourth-order valence-electron chi connectivity index (χ4n) is 1.39. The third kappa shape index (κ3) is 3.45. The molecule has 0 fully saturated rings. The maximum atomic E-state index is 11.7. The highest BCUT2D eigenvalue weighted by atomic mass is 79.9. The second-order valence-electron chi connectivity index (χ2n) is 3.79. The lowest BCUT2D eigenvalue weighted by atomic mass is 10.1. The molecule has 0 atom stereocenters. The lowest BCUT2D eigenvalue weighted by Crippen LogP contribution is -2.18. The van der Waals surface area contributed by atoms with Gasteiger partial charge in [0.25, 0.3) is 0 Å². The van der Waals surface area contributed by atoms with Crippen molar-refractivity contribution < 1.29 is 14.3 Å². The third-order valence-corrected chi connectivity index (χ3v) is 2.83. The van der Waals surface area contributed by atoms with E-state index in [-0.39, 0.29) is 11.5 Å². The Hall–Kier alpha value is -2.08. The minimum absolute atomic E-state index is 0.175. The van der Waals surface area contributed by atoms with Gasteiger partial charge in [-0.15, -0.1) is 0 Å². The van der Waals surface area contributed by atoms with Gasteiger partial charge in [-0.05, 0) is 64.8 Å². The number of carbonyl (C=O) groups is 1. The van der Waals surface area contributed by atoms with Crippen molar-refractivity contribution >= 4 is 27.5 Å². The Kier molecular flexibility index (Phi) is 4.01. The smallest absolute Gasteiger partial charge is 0.307 e. The normalized spacial score (nSPS) is 11.4. The van der Waals surface area contributed by atoms with Crippen LogP contribution in [-0.2, 0) is 0 Å². The fraction of sp³-hybridized carbons (Fsp3) is 0.0769. The monoisotopic (exact) mass is 322 g/mol. The molecule has 1 heterocycles. The van der Waals surface area contributed by atoms with Crippen molar-refractivity contribution in [2.45, 2.75) is 6.92 Å². The van der Waals surface area contributed by atoms with E-state index in [0.29, 0.717) is 10.4 Å². The lowest BCUT2D eigenvalue weighted by Gasteiger charge is -2.01. The Labute approximate surface area is 118 Å². The summed E-state index contributed by atoms with van der Waals surface area (Å²) in [6.07, 6.45) is 0. The SMILES string of the molecule is C/C(=N/NC(=O)c1ccc(Br)o1)c1ccc(O)cc1. The fourth-order valence-corrected chi connectivity index (χ4v) is 1.70. The van der Waals surface area contributed by atoms with Crippen LogP contribution in [0.1, 0.15) is 23.0 Å². The molecule has 0 aliphatic carbocycles. The molecule has 0 radical (unpaired) electrons. The topological polar surface area (TPSA) is 74.8 Å². The molecule has 1 amide bonds. The van der Waals surface area contributed by atoms with E-state index in [2.05, 4.69) is 26.5 Å². The third-order valence-electron chi connectivity index (χ3n) is 2.41. The summed E-state index contributed by atoms with van der Waals surface area (Å²) >= 11 is 3.12. The average Bonchev–Trinajstić information content (AvgIpc) is 2.83. The zero-order chi connectivity index (χ0) is 13.8. The molecule has 2 aromatic rings. The molecule has 0 aliphatic heterocycles. The minimum Gasteiger partial charge on any atom is -0.508 e. The summed E-state index contributed by atoms with van der Waals surface area (Å²) < 4.78 is 5.58. The number of hydrazone groups is 1. The van der Waals surface area contributed by atoms with Gasteiger partial charge in [0.05, 0.1) is 5.71 Å². The van der Waals surface area contributed by atoms with Crippen molar-refractivity contribution in [3.8, 4) is 5.75 Å². The van der Waals surface area contributed by atoms with Crippen LogP contribution in [0.5, 0.6) is 5.75 Å². The van der Waals surface area contributed by atoms with E-state index in [1.54, 1.807) is 43.3 Å². The minimum atomic E-state index is -0.427. The number of benzene rings is 1. The highest BCUT2D eigenvalue weighted by molar-refractivity contribution is 9.10. The molecule has 98 valence electrons. The van der Waals surface area contributed by atoms with Crippen molar-refractivity contribution in [1.82, 2.24) is 5.43 Å². The van der Waals surface area contributed by atoms with E-state index in [0.717, 1.165) is 5.56 Å². The Morgan fingerprint density at radius 1 is 1.26 bits per heavy atom. The van der Waals surface area contributed by atoms with Crippen LogP contribution in [0.25, 0.3) is 0 Å². The number of nitrogens with one attached hydrogen (secondary N) is 1. The number of rotatable bonds is 3. The lowest BCUT2D eigenvalue weighted by molar-refractivity contribution is 0.0926. The summed E-state index contributed by atoms with van der Waals surface area (Å²) in [5, 5.41) is 13.2. The van der Waals surface area contributed by atoms with Crippen molar-refractivity contribution in [2.24, 2.45) is 5.10 Å². The van der Waals surface area contributed by atoms with Gasteiger partial charge in [-0.2, -0.15) is 5.10 Å². The van der Waals surface area contributed by atoms with Crippen LogP contribution < -0.4 is 5.43 Å². The molecule has 1 aromatic heterocycles. The van der Waals surface area contributed by atoms with Gasteiger partial charge >= 0.3 is 5.91 Å². The molecular formula is C13H11BrN2O3. The van der Waals surface area contributed by atoms with Gasteiger partial charge in [0.15, 0.2) is 10.4 Å². The van der Waals surface area contributed by atoms with Gasteiger partial charge in [-0.25, -0.2) is 5.43 Å². The van der Waals surface area contributed by atoms with E-state index >= 15 is 0 Å². The van der Waals surface area contributed by atoms with E-state index in [1.165, 1.54) is 0 Å². The summed E-state index contributed by atoms with van der Waals surface area (Å²) in [6, 6.07) is 9.71. The Morgan fingerprint density at radius 2 is 1.95 bits per heavy atom. The molecule has 19 heavy (non-hydrogen) atoms. The van der Waals surface area contributed by atoms with Crippen molar-refractivity contribution in [2.75, 3.05) is 0 Å². The Bertz CT molecular complexity index is 617. The summed E-state index contributed by atoms with van der Waals surface area (Å²) in [6.45, 7) is 1.75. The standard InChI is InChI=1S/C13H11BrN2O3/c1-8(9-2-4-10(17)5-3-9)15-16-13(18)11-6-7-12(14)19-11/h2-7,17H,1H3,(H,16,18)/b15-8-. The first-order valence-electron chi connectivity index (χ1n) is 5.45. The number of carbonyl (C=O) groups excluding carboxylic acids is 1. The van der Waals surface area contributed by atoms with Gasteiger partial charge < -0.3 is 9.52 Å². The molecule has 2 N–H and O–H groups in total. The quantitative estimate of drug-likeness (QED) is 0.674. The zero-order valence-corrected chi connectivity index (χ0v) is 11.6. The van der Waals surface area contributed by atoms with Gasteiger partial charge in [0.1, 0.15) is 5.75 Å². The molecule has 5 nitrogen and oxygen atoms in total. The number of amides is 1. The van der Waals surface area contributed by atoms with E-state index in [9.17, 15) is 9.90 Å². The van der Waals surface area contributed by atoms with E-state index in [4.69, 9.17) is 4.42 Å². The molecule has 0 unspecified atom stereocenters. The van der Waals surface area contributed by atoms with Crippen molar-refractivity contribution in [3.05, 3.63) is 52.4 Å². The highest BCUT2D eigenvalue weighted by Crippen LogP contribution is 2.14. The predicted octanol–water partition coefficient (Wildman–Crippen LogP) is 2.90. The number of hydrogen-bond acceptors (Lipinski definition) is 4. The average molecular weight is 323 g/mol. The maximum Gasteiger partial charge on any atom is 0.307 e. The van der Waals surface area contributed by atoms with Gasteiger partial charge in [0, 0.05) is 0 Å². The second-order valence-corrected chi connectivity index (χ2v) is 4.57. The predicted molar refractivity (Wildman–Crippen MR) is 74.2 cm³/mol. The summed E-state index contributed by atoms with van der Waals surface area (Å²) in [7, 11) is 0. The molecule has 0 bridgehead atoms. The van der Waals surface area contributed by atoms with Crippen molar-refractivity contribution in [1.29, 1.82) is 0 Å². The number of furan rings is 1. The van der Waals surface area contributed by atoms with Gasteiger partial charge in [0.2, 0.25) is 0 Å². The number of phenols is 1. The zero-order valence-electron chi connectivity index (χ0n) is 10.1. The highest BCUT2D eigenvalue weighted by Gasteiger charge is 2.09. The number of aromatic hydroxyl groups is 1. The van der Waals surface area contributed by atoms with Gasteiger partial charge in [-0.3, -0.25) is 4.79 Å².